The van der Waals surface area contributed by atoms with Crippen LogP contribution in [0.3, 0.4) is 0 Å². The van der Waals surface area contributed by atoms with Gasteiger partial charge in [-0.3, -0.25) is 9.59 Å². The summed E-state index contributed by atoms with van der Waals surface area (Å²) in [6.07, 6.45) is 11.4. The van der Waals surface area contributed by atoms with E-state index >= 15 is 0 Å². The summed E-state index contributed by atoms with van der Waals surface area (Å²) in [6, 6.07) is 0. The maximum Gasteiger partial charge on any atom is 0.156 e. The molecular formula is C23H26O2. The number of rotatable bonds is 0. The second-order valence-electron chi connectivity index (χ2n) is 9.30. The largest absolute Gasteiger partial charge is 0.299 e. The van der Waals surface area contributed by atoms with Crippen LogP contribution in [0, 0.1) is 16.2 Å². The van der Waals surface area contributed by atoms with Gasteiger partial charge >= 0.3 is 0 Å². The molecule has 0 aromatic heterocycles. The van der Waals surface area contributed by atoms with E-state index in [2.05, 4.69) is 26.5 Å². The molecule has 25 heavy (non-hydrogen) atoms. The SMILES string of the molecule is C=C1CC2=C(CCC34C(=O)CC[C@]3(C)CC=C24)C2(C)CCC(=O)C=C12. The number of hydrogen-bond donors (Lipinski definition) is 0. The Balaban J connectivity index is 1.71. The van der Waals surface area contributed by atoms with Crippen LogP contribution in [0.5, 0.6) is 0 Å². The zero-order chi connectivity index (χ0) is 17.6. The summed E-state index contributed by atoms with van der Waals surface area (Å²) in [5.41, 5.74) is 6.35. The van der Waals surface area contributed by atoms with Crippen LogP contribution >= 0.6 is 0 Å². The summed E-state index contributed by atoms with van der Waals surface area (Å²) in [6.45, 7) is 8.97. The van der Waals surface area contributed by atoms with Gasteiger partial charge in [-0.2, -0.15) is 0 Å². The normalized spacial score (nSPS) is 42.6. The van der Waals surface area contributed by atoms with Crippen LogP contribution in [0.1, 0.15) is 65.2 Å². The van der Waals surface area contributed by atoms with Crippen LogP contribution in [0.25, 0.3) is 0 Å². The van der Waals surface area contributed by atoms with Crippen molar-refractivity contribution in [2.24, 2.45) is 16.2 Å². The van der Waals surface area contributed by atoms with Gasteiger partial charge in [-0.15, -0.1) is 0 Å². The highest BCUT2D eigenvalue weighted by Gasteiger charge is 2.64. The smallest absolute Gasteiger partial charge is 0.156 e. The quantitative estimate of drug-likeness (QED) is 0.623. The Morgan fingerprint density at radius 1 is 1.00 bits per heavy atom. The molecule has 0 radical (unpaired) electrons. The molecule has 0 aliphatic heterocycles. The standard InChI is InChI=1S/C23H26O2/c1-14-12-16-17(22(3)10-4-15(24)13-19(14)22)6-11-23-18(16)5-8-21(23,2)9-7-20(23)25/h5,13H,1,4,6-12H2,2-3H3/t21-,22?,23?/m0/s1. The van der Waals surface area contributed by atoms with Crippen LogP contribution in [-0.2, 0) is 9.59 Å². The fourth-order valence-electron chi connectivity index (χ4n) is 6.81. The van der Waals surface area contributed by atoms with Crippen LogP contribution in [0.15, 0.2) is 46.6 Å². The molecule has 0 aromatic rings. The fraction of sp³-hybridized carbons (Fsp3) is 0.565. The molecular weight excluding hydrogens is 308 g/mol. The first-order valence-electron chi connectivity index (χ1n) is 9.72. The Bertz CT molecular complexity index is 851. The second kappa shape index (κ2) is 4.52. The third kappa shape index (κ3) is 1.62. The molecule has 5 aliphatic carbocycles. The van der Waals surface area contributed by atoms with Crippen molar-refractivity contribution in [2.75, 3.05) is 0 Å². The van der Waals surface area contributed by atoms with Crippen LogP contribution in [0.4, 0.5) is 0 Å². The van der Waals surface area contributed by atoms with Crippen molar-refractivity contribution in [3.8, 4) is 0 Å². The van der Waals surface area contributed by atoms with Crippen molar-refractivity contribution < 1.29 is 9.59 Å². The number of Topliss-reactive ketones (excluding diaryl/α,β-unsaturated/α-hetero) is 1. The lowest BCUT2D eigenvalue weighted by Crippen LogP contribution is -2.44. The van der Waals surface area contributed by atoms with Crippen LogP contribution < -0.4 is 0 Å². The minimum atomic E-state index is -0.228. The summed E-state index contributed by atoms with van der Waals surface area (Å²) in [4.78, 5) is 25.0. The molecule has 0 aromatic carbocycles. The molecule has 130 valence electrons. The first kappa shape index (κ1) is 15.5. The highest BCUT2D eigenvalue weighted by Crippen LogP contribution is 2.70. The van der Waals surface area contributed by atoms with Crippen molar-refractivity contribution in [3.05, 3.63) is 46.6 Å². The van der Waals surface area contributed by atoms with Gasteiger partial charge in [0.05, 0.1) is 5.41 Å². The molecule has 1 saturated carbocycles. The van der Waals surface area contributed by atoms with Gasteiger partial charge in [0, 0.05) is 18.3 Å². The molecule has 2 unspecified atom stereocenters. The van der Waals surface area contributed by atoms with Crippen molar-refractivity contribution in [3.63, 3.8) is 0 Å². The Labute approximate surface area is 149 Å². The van der Waals surface area contributed by atoms with Gasteiger partial charge in [0.1, 0.15) is 5.78 Å². The second-order valence-corrected chi connectivity index (χ2v) is 9.30. The summed E-state index contributed by atoms with van der Waals surface area (Å²) in [5.74, 6) is 0.713. The Morgan fingerprint density at radius 2 is 1.80 bits per heavy atom. The van der Waals surface area contributed by atoms with E-state index in [0.29, 0.717) is 12.2 Å². The van der Waals surface area contributed by atoms with E-state index in [-0.39, 0.29) is 22.0 Å². The van der Waals surface area contributed by atoms with Gasteiger partial charge in [-0.25, -0.2) is 0 Å². The molecule has 2 nitrogen and oxygen atoms in total. The summed E-state index contributed by atoms with van der Waals surface area (Å²) in [7, 11) is 0. The maximum atomic E-state index is 13.0. The molecule has 1 fully saturated rings. The molecule has 0 bridgehead atoms. The van der Waals surface area contributed by atoms with Crippen LogP contribution in [0.2, 0.25) is 0 Å². The number of carbonyl (C=O) groups is 2. The number of carbonyl (C=O) groups excluding carboxylic acids is 2. The lowest BCUT2D eigenvalue weighted by molar-refractivity contribution is -0.127. The Kier molecular flexibility index (Phi) is 2.81. The third-order valence-corrected chi connectivity index (χ3v) is 8.27. The summed E-state index contributed by atoms with van der Waals surface area (Å²) < 4.78 is 0. The highest BCUT2D eigenvalue weighted by atomic mass is 16.1. The third-order valence-electron chi connectivity index (χ3n) is 8.27. The Morgan fingerprint density at radius 3 is 2.60 bits per heavy atom. The number of fused-ring (bicyclic) bond motifs is 3. The van der Waals surface area contributed by atoms with Crippen molar-refractivity contribution >= 4 is 11.6 Å². The van der Waals surface area contributed by atoms with Crippen molar-refractivity contribution in [1.82, 2.24) is 0 Å². The van der Waals surface area contributed by atoms with Crippen molar-refractivity contribution in [1.29, 1.82) is 0 Å². The molecule has 2 heteroatoms. The van der Waals surface area contributed by atoms with E-state index < -0.39 is 0 Å². The van der Waals surface area contributed by atoms with Crippen LogP contribution in [-0.4, -0.2) is 11.6 Å². The minimum absolute atomic E-state index is 0.0539. The number of hydrogen-bond acceptors (Lipinski definition) is 2. The minimum Gasteiger partial charge on any atom is -0.299 e. The maximum absolute atomic E-state index is 13.0. The summed E-state index contributed by atoms with van der Waals surface area (Å²) >= 11 is 0. The molecule has 5 aliphatic rings. The molecule has 0 N–H and O–H groups in total. The Hall–Kier alpha value is -1.70. The van der Waals surface area contributed by atoms with E-state index in [0.717, 1.165) is 56.1 Å². The van der Waals surface area contributed by atoms with Gasteiger partial charge in [-0.1, -0.05) is 32.1 Å². The highest BCUT2D eigenvalue weighted by molar-refractivity contribution is 5.95. The predicted molar refractivity (Wildman–Crippen MR) is 97.9 cm³/mol. The van der Waals surface area contributed by atoms with Gasteiger partial charge in [-0.05, 0) is 72.3 Å². The zero-order valence-electron chi connectivity index (χ0n) is 15.3. The van der Waals surface area contributed by atoms with E-state index in [9.17, 15) is 9.59 Å². The van der Waals surface area contributed by atoms with E-state index in [1.807, 2.05) is 6.08 Å². The van der Waals surface area contributed by atoms with Gasteiger partial charge in [0.15, 0.2) is 5.78 Å². The predicted octanol–water partition coefficient (Wildman–Crippen LogP) is 5.02. The molecule has 3 atom stereocenters. The zero-order valence-corrected chi connectivity index (χ0v) is 15.3. The first-order valence-corrected chi connectivity index (χ1v) is 9.72. The van der Waals surface area contributed by atoms with E-state index in [1.165, 1.54) is 16.7 Å². The number of ketones is 2. The van der Waals surface area contributed by atoms with E-state index in [4.69, 9.17) is 0 Å². The average Bonchev–Trinajstić information content (AvgIpc) is 3.01. The van der Waals surface area contributed by atoms with Gasteiger partial charge in [0.25, 0.3) is 0 Å². The first-order chi connectivity index (χ1) is 11.8. The summed E-state index contributed by atoms with van der Waals surface area (Å²) in [5, 5.41) is 0. The number of allylic oxidation sites excluding steroid dienone is 7. The average molecular weight is 334 g/mol. The molecule has 1 spiro atoms. The molecule has 0 heterocycles. The monoisotopic (exact) mass is 334 g/mol. The topological polar surface area (TPSA) is 34.1 Å². The fourth-order valence-corrected chi connectivity index (χ4v) is 6.81. The van der Waals surface area contributed by atoms with Gasteiger partial charge in [0.2, 0.25) is 0 Å². The molecule has 0 saturated heterocycles. The molecule has 5 rings (SSSR count). The lowest BCUT2D eigenvalue weighted by Gasteiger charge is -2.51. The van der Waals surface area contributed by atoms with E-state index in [1.54, 1.807) is 0 Å². The van der Waals surface area contributed by atoms with Crippen molar-refractivity contribution in [2.45, 2.75) is 65.2 Å². The lowest BCUT2D eigenvalue weighted by atomic mass is 9.52. The molecule has 0 amide bonds. The van der Waals surface area contributed by atoms with Gasteiger partial charge < -0.3 is 0 Å².